The van der Waals surface area contributed by atoms with Crippen molar-refractivity contribution in [1.82, 2.24) is 5.32 Å². The van der Waals surface area contributed by atoms with E-state index in [4.69, 9.17) is 9.15 Å². The summed E-state index contributed by atoms with van der Waals surface area (Å²) in [5.74, 6) is 0.957. The van der Waals surface area contributed by atoms with E-state index in [1.54, 1.807) is 0 Å². The first kappa shape index (κ1) is 15.5. The average molecular weight is 303 g/mol. The van der Waals surface area contributed by atoms with E-state index in [0.717, 1.165) is 49.3 Å². The Labute approximate surface area is 131 Å². The Morgan fingerprint density at radius 2 is 2.05 bits per heavy atom. The molecule has 0 bridgehead atoms. The van der Waals surface area contributed by atoms with Crippen molar-refractivity contribution in [2.24, 2.45) is 5.41 Å². The number of aryl methyl sites for hydroxylation is 2. The fourth-order valence-corrected chi connectivity index (χ4v) is 3.21. The molecule has 1 fully saturated rings. The number of benzene rings is 1. The largest absolute Gasteiger partial charge is 0.460 e. The molecule has 0 radical (unpaired) electrons. The number of ether oxygens (including phenoxy) is 1. The molecule has 2 N–H and O–H groups in total. The van der Waals surface area contributed by atoms with Gasteiger partial charge in [0.2, 0.25) is 0 Å². The van der Waals surface area contributed by atoms with Crippen molar-refractivity contribution in [3.8, 4) is 0 Å². The first-order valence-electron chi connectivity index (χ1n) is 8.01. The lowest BCUT2D eigenvalue weighted by atomic mass is 9.84. The van der Waals surface area contributed by atoms with Crippen LogP contribution in [-0.4, -0.2) is 31.5 Å². The van der Waals surface area contributed by atoms with Gasteiger partial charge in [0.1, 0.15) is 11.3 Å². The molecular weight excluding hydrogens is 278 g/mol. The smallest absolute Gasteiger partial charge is 0.134 e. The minimum atomic E-state index is 0.0773. The van der Waals surface area contributed by atoms with E-state index in [1.165, 1.54) is 11.1 Å². The highest BCUT2D eigenvalue weighted by Gasteiger charge is 2.33. The quantitative estimate of drug-likeness (QED) is 0.861. The van der Waals surface area contributed by atoms with Gasteiger partial charge < -0.3 is 19.6 Å². The van der Waals surface area contributed by atoms with Gasteiger partial charge in [0.05, 0.1) is 13.2 Å². The molecule has 1 atom stereocenters. The molecule has 22 heavy (non-hydrogen) atoms. The number of furan rings is 1. The highest BCUT2D eigenvalue weighted by Crippen LogP contribution is 2.31. The van der Waals surface area contributed by atoms with Crippen LogP contribution in [0.25, 0.3) is 11.0 Å². The number of hydrogen-bond acceptors (Lipinski definition) is 4. The maximum atomic E-state index is 9.25. The average Bonchev–Trinajstić information content (AvgIpc) is 3.07. The van der Waals surface area contributed by atoms with Crippen LogP contribution in [0, 0.1) is 19.3 Å². The number of aliphatic hydroxyl groups is 1. The molecule has 1 unspecified atom stereocenters. The zero-order chi connectivity index (χ0) is 15.6. The van der Waals surface area contributed by atoms with Gasteiger partial charge in [-0.15, -0.1) is 0 Å². The van der Waals surface area contributed by atoms with Gasteiger partial charge in [-0.05, 0) is 56.0 Å². The van der Waals surface area contributed by atoms with E-state index in [0.29, 0.717) is 6.54 Å². The van der Waals surface area contributed by atoms with Gasteiger partial charge in [-0.3, -0.25) is 0 Å². The van der Waals surface area contributed by atoms with Gasteiger partial charge >= 0.3 is 0 Å². The zero-order valence-electron chi connectivity index (χ0n) is 13.4. The second-order valence-corrected chi connectivity index (χ2v) is 6.57. The second kappa shape index (κ2) is 6.41. The molecule has 1 aliphatic heterocycles. The Morgan fingerprint density at radius 3 is 2.77 bits per heavy atom. The summed E-state index contributed by atoms with van der Waals surface area (Å²) in [6.07, 6.45) is 1.80. The highest BCUT2D eigenvalue weighted by atomic mass is 16.5. The SMILES string of the molecule is Cc1cc2cc(CNCC3(CCO)CCOC3)oc2cc1C. The summed E-state index contributed by atoms with van der Waals surface area (Å²) in [5, 5.41) is 13.9. The lowest BCUT2D eigenvalue weighted by Crippen LogP contribution is -2.35. The third-order valence-electron chi connectivity index (χ3n) is 4.81. The van der Waals surface area contributed by atoms with Crippen LogP contribution in [-0.2, 0) is 11.3 Å². The van der Waals surface area contributed by atoms with E-state index >= 15 is 0 Å². The molecular formula is C18H25NO3. The molecule has 1 aromatic carbocycles. The molecule has 4 heteroatoms. The Bertz CT molecular complexity index is 602. The Balaban J connectivity index is 1.64. The number of aliphatic hydroxyl groups excluding tert-OH is 1. The molecule has 1 aromatic heterocycles. The maximum Gasteiger partial charge on any atom is 0.134 e. The summed E-state index contributed by atoms with van der Waals surface area (Å²) in [4.78, 5) is 0. The van der Waals surface area contributed by atoms with Crippen LogP contribution in [0.3, 0.4) is 0 Å². The molecule has 0 spiro atoms. The fraction of sp³-hybridized carbons (Fsp3) is 0.556. The first-order chi connectivity index (χ1) is 10.6. The molecule has 2 heterocycles. The summed E-state index contributed by atoms with van der Waals surface area (Å²) in [6.45, 7) is 7.53. The molecule has 1 aliphatic rings. The summed E-state index contributed by atoms with van der Waals surface area (Å²) in [6, 6.07) is 6.39. The Kier molecular flexibility index (Phi) is 4.52. The van der Waals surface area contributed by atoms with Crippen LogP contribution in [0.4, 0.5) is 0 Å². The van der Waals surface area contributed by atoms with Crippen LogP contribution in [0.1, 0.15) is 29.7 Å². The molecule has 2 aromatic rings. The number of fused-ring (bicyclic) bond motifs is 1. The third kappa shape index (κ3) is 3.19. The molecule has 0 amide bonds. The summed E-state index contributed by atoms with van der Waals surface area (Å²) in [7, 11) is 0. The molecule has 4 nitrogen and oxygen atoms in total. The van der Waals surface area contributed by atoms with Crippen LogP contribution < -0.4 is 5.32 Å². The van der Waals surface area contributed by atoms with E-state index in [9.17, 15) is 5.11 Å². The number of nitrogens with one attached hydrogen (secondary N) is 1. The molecule has 120 valence electrons. The summed E-state index contributed by atoms with van der Waals surface area (Å²) < 4.78 is 11.4. The topological polar surface area (TPSA) is 54.6 Å². The van der Waals surface area contributed by atoms with E-state index < -0.39 is 0 Å². The van der Waals surface area contributed by atoms with Crippen molar-refractivity contribution in [2.75, 3.05) is 26.4 Å². The normalized spacial score (nSPS) is 21.8. The van der Waals surface area contributed by atoms with Gasteiger partial charge in [-0.1, -0.05) is 0 Å². The van der Waals surface area contributed by atoms with Gasteiger partial charge in [0.15, 0.2) is 0 Å². The standard InChI is InChI=1S/C18H25NO3/c1-13-7-15-9-16(22-17(15)8-14(13)2)10-19-11-18(3-5-20)4-6-21-12-18/h7-9,19-20H,3-6,10-12H2,1-2H3. The van der Waals surface area contributed by atoms with Crippen LogP contribution in [0.15, 0.2) is 22.6 Å². The lowest BCUT2D eigenvalue weighted by Gasteiger charge is -2.26. The minimum absolute atomic E-state index is 0.0773. The van der Waals surface area contributed by atoms with E-state index in [1.807, 2.05) is 0 Å². The van der Waals surface area contributed by atoms with Gasteiger partial charge in [-0.25, -0.2) is 0 Å². The minimum Gasteiger partial charge on any atom is -0.460 e. The van der Waals surface area contributed by atoms with Crippen molar-refractivity contribution >= 4 is 11.0 Å². The third-order valence-corrected chi connectivity index (χ3v) is 4.81. The van der Waals surface area contributed by atoms with Crippen molar-refractivity contribution < 1.29 is 14.3 Å². The molecule has 0 aliphatic carbocycles. The number of rotatable bonds is 6. The summed E-state index contributed by atoms with van der Waals surface area (Å²) >= 11 is 0. The fourth-order valence-electron chi connectivity index (χ4n) is 3.21. The number of hydrogen-bond donors (Lipinski definition) is 2. The van der Waals surface area contributed by atoms with Gasteiger partial charge in [0.25, 0.3) is 0 Å². The summed E-state index contributed by atoms with van der Waals surface area (Å²) in [5.41, 5.74) is 3.58. The Morgan fingerprint density at radius 1 is 1.23 bits per heavy atom. The van der Waals surface area contributed by atoms with Crippen LogP contribution >= 0.6 is 0 Å². The highest BCUT2D eigenvalue weighted by molar-refractivity contribution is 5.79. The van der Waals surface area contributed by atoms with Crippen molar-refractivity contribution in [3.05, 3.63) is 35.1 Å². The van der Waals surface area contributed by atoms with Gasteiger partial charge in [0, 0.05) is 30.6 Å². The van der Waals surface area contributed by atoms with Gasteiger partial charge in [-0.2, -0.15) is 0 Å². The predicted octanol–water partition coefficient (Wildman–Crippen LogP) is 2.93. The molecule has 1 saturated heterocycles. The molecule has 3 rings (SSSR count). The molecule has 0 saturated carbocycles. The Hall–Kier alpha value is -1.36. The van der Waals surface area contributed by atoms with Crippen LogP contribution in [0.2, 0.25) is 0 Å². The zero-order valence-corrected chi connectivity index (χ0v) is 13.4. The van der Waals surface area contributed by atoms with Crippen molar-refractivity contribution in [2.45, 2.75) is 33.2 Å². The predicted molar refractivity (Wildman–Crippen MR) is 87.0 cm³/mol. The second-order valence-electron chi connectivity index (χ2n) is 6.57. The van der Waals surface area contributed by atoms with Crippen molar-refractivity contribution in [1.29, 1.82) is 0 Å². The monoisotopic (exact) mass is 303 g/mol. The van der Waals surface area contributed by atoms with E-state index in [-0.39, 0.29) is 12.0 Å². The van der Waals surface area contributed by atoms with E-state index in [2.05, 4.69) is 37.4 Å². The van der Waals surface area contributed by atoms with Crippen molar-refractivity contribution in [3.63, 3.8) is 0 Å². The van der Waals surface area contributed by atoms with Crippen LogP contribution in [0.5, 0.6) is 0 Å². The first-order valence-corrected chi connectivity index (χ1v) is 8.01. The maximum absolute atomic E-state index is 9.25. The lowest BCUT2D eigenvalue weighted by molar-refractivity contribution is 0.124.